The minimum Gasteiger partial charge on any atom is -0.477 e. The number of hydrogen-bond acceptors (Lipinski definition) is 7. The number of aliphatic imine (C=N–C) groups is 1. The second-order valence-corrected chi connectivity index (χ2v) is 9.95. The van der Waals surface area contributed by atoms with Crippen LogP contribution < -0.4 is 5.32 Å². The van der Waals surface area contributed by atoms with Crippen LogP contribution in [0, 0.1) is 11.8 Å². The number of carbonyl (C=O) groups is 2. The summed E-state index contributed by atoms with van der Waals surface area (Å²) in [5.41, 5.74) is 0.0671. The van der Waals surface area contributed by atoms with E-state index in [0.29, 0.717) is 16.7 Å². The summed E-state index contributed by atoms with van der Waals surface area (Å²) >= 11 is 2.88. The first-order valence-electron chi connectivity index (χ1n) is 9.07. The average molecular weight is 398 g/mol. The van der Waals surface area contributed by atoms with E-state index in [0.717, 1.165) is 12.4 Å². The summed E-state index contributed by atoms with van der Waals surface area (Å²) < 4.78 is 0.658. The molecule has 0 aromatic carbocycles. The van der Waals surface area contributed by atoms with Gasteiger partial charge in [-0.3, -0.25) is 14.7 Å². The minimum atomic E-state index is -1.08. The van der Waals surface area contributed by atoms with Gasteiger partial charge in [-0.15, -0.1) is 11.8 Å². The summed E-state index contributed by atoms with van der Waals surface area (Å²) in [7, 11) is 0. The number of nitrogens with zero attached hydrogens (tertiary/aromatic N) is 2. The van der Waals surface area contributed by atoms with Crippen molar-refractivity contribution in [2.24, 2.45) is 16.8 Å². The number of thioether (sulfide) groups is 2. The molecule has 2 fully saturated rings. The molecule has 4 aliphatic rings. The van der Waals surface area contributed by atoms with E-state index in [1.165, 1.54) is 54.1 Å². The van der Waals surface area contributed by atoms with E-state index in [-0.39, 0.29) is 22.2 Å². The van der Waals surface area contributed by atoms with Crippen LogP contribution in [0.3, 0.4) is 0 Å². The van der Waals surface area contributed by atoms with E-state index in [9.17, 15) is 19.8 Å². The summed E-state index contributed by atoms with van der Waals surface area (Å²) in [6.45, 7) is 3.00. The highest BCUT2D eigenvalue weighted by Crippen LogP contribution is 2.54. The Morgan fingerprint density at radius 2 is 2.15 bits per heavy atom. The topological polar surface area (TPSA) is 102 Å². The second-order valence-electron chi connectivity index (χ2n) is 7.25. The van der Waals surface area contributed by atoms with E-state index in [1.807, 2.05) is 0 Å². The van der Waals surface area contributed by atoms with E-state index < -0.39 is 18.0 Å². The minimum absolute atomic E-state index is 0.0671. The van der Waals surface area contributed by atoms with E-state index >= 15 is 0 Å². The van der Waals surface area contributed by atoms with Crippen molar-refractivity contribution in [3.05, 3.63) is 9.93 Å². The number of carbonyl (C=O) groups excluding carboxylic acids is 1. The SMILES string of the molecule is CC(O)C1C(=O)N2C(C(=O)O)=C(SC3CN=C(C4CCCC4)NC3)S[C@H]12. The molecule has 4 atom stereocenters. The summed E-state index contributed by atoms with van der Waals surface area (Å²) in [5.74, 6) is -0.238. The lowest BCUT2D eigenvalue weighted by atomic mass is 9.92. The number of carboxylic acids is 1. The second kappa shape index (κ2) is 7.09. The molecule has 3 aliphatic heterocycles. The quantitative estimate of drug-likeness (QED) is 0.603. The average Bonchev–Trinajstić information content (AvgIpc) is 3.22. The van der Waals surface area contributed by atoms with Crippen LogP contribution in [-0.2, 0) is 9.59 Å². The van der Waals surface area contributed by atoms with E-state index in [4.69, 9.17) is 4.99 Å². The van der Waals surface area contributed by atoms with Gasteiger partial charge in [0, 0.05) is 17.7 Å². The smallest absolute Gasteiger partial charge is 0.354 e. The van der Waals surface area contributed by atoms with Gasteiger partial charge < -0.3 is 15.5 Å². The Morgan fingerprint density at radius 1 is 1.42 bits per heavy atom. The first-order valence-corrected chi connectivity index (χ1v) is 10.8. The lowest BCUT2D eigenvalue weighted by molar-refractivity contribution is -0.156. The normalized spacial score (nSPS) is 32.8. The number of fused-ring (bicyclic) bond motifs is 1. The van der Waals surface area contributed by atoms with Gasteiger partial charge in [0.15, 0.2) is 5.70 Å². The molecule has 1 saturated carbocycles. The van der Waals surface area contributed by atoms with Crippen molar-refractivity contribution in [2.45, 2.75) is 49.3 Å². The van der Waals surface area contributed by atoms with Crippen molar-refractivity contribution in [3.63, 3.8) is 0 Å². The van der Waals surface area contributed by atoms with Crippen LogP contribution in [0.4, 0.5) is 0 Å². The van der Waals surface area contributed by atoms with Crippen LogP contribution in [0.5, 0.6) is 0 Å². The molecule has 9 heteroatoms. The van der Waals surface area contributed by atoms with Gasteiger partial charge >= 0.3 is 5.97 Å². The number of aliphatic hydroxyl groups excluding tert-OH is 1. The van der Waals surface area contributed by atoms with Crippen molar-refractivity contribution in [1.29, 1.82) is 0 Å². The third-order valence-electron chi connectivity index (χ3n) is 5.46. The predicted molar refractivity (Wildman–Crippen MR) is 102 cm³/mol. The van der Waals surface area contributed by atoms with Crippen molar-refractivity contribution < 1.29 is 19.8 Å². The van der Waals surface area contributed by atoms with Crippen molar-refractivity contribution in [2.75, 3.05) is 13.1 Å². The molecule has 3 N–H and O–H groups in total. The summed E-state index contributed by atoms with van der Waals surface area (Å²) in [5, 5.41) is 22.7. The molecule has 4 rings (SSSR count). The van der Waals surface area contributed by atoms with Crippen LogP contribution in [0.1, 0.15) is 32.6 Å². The number of β-lactam (4-membered cyclic amide) rings is 1. The number of amides is 1. The van der Waals surface area contributed by atoms with Gasteiger partial charge in [0.1, 0.15) is 5.37 Å². The maximum absolute atomic E-state index is 12.2. The molecule has 0 radical (unpaired) electrons. The van der Waals surface area contributed by atoms with E-state index in [2.05, 4.69) is 5.32 Å². The van der Waals surface area contributed by atoms with Crippen molar-refractivity contribution in [3.8, 4) is 0 Å². The largest absolute Gasteiger partial charge is 0.477 e. The number of carboxylic acid groups (broad SMARTS) is 1. The van der Waals surface area contributed by atoms with Gasteiger partial charge in [-0.05, 0) is 19.8 Å². The zero-order valence-electron chi connectivity index (χ0n) is 14.6. The van der Waals surface area contributed by atoms with Crippen LogP contribution >= 0.6 is 23.5 Å². The molecule has 1 amide bonds. The Bertz CT molecular complexity index is 687. The number of hydrogen-bond donors (Lipinski definition) is 3. The van der Waals surface area contributed by atoms with Crippen molar-refractivity contribution >= 4 is 41.2 Å². The molecule has 3 heterocycles. The molecule has 1 saturated heterocycles. The molecule has 26 heavy (non-hydrogen) atoms. The van der Waals surface area contributed by atoms with Crippen LogP contribution in [0.25, 0.3) is 0 Å². The van der Waals surface area contributed by atoms with Gasteiger partial charge in [0.05, 0.1) is 28.6 Å². The Labute approximate surface area is 160 Å². The molecule has 0 aromatic rings. The maximum atomic E-state index is 12.2. The highest BCUT2D eigenvalue weighted by atomic mass is 32.2. The third-order valence-corrected chi connectivity index (χ3v) is 8.25. The monoisotopic (exact) mass is 397 g/mol. The first-order chi connectivity index (χ1) is 12.5. The van der Waals surface area contributed by atoms with Gasteiger partial charge in [0.25, 0.3) is 0 Å². The summed E-state index contributed by atoms with van der Waals surface area (Å²) in [6, 6.07) is 0. The Morgan fingerprint density at radius 3 is 2.73 bits per heavy atom. The predicted octanol–water partition coefficient (Wildman–Crippen LogP) is 1.45. The molecule has 142 valence electrons. The first kappa shape index (κ1) is 18.2. The standard InChI is InChI=1S/C17H23N3O4S2/c1-8(21)11-14(22)20-12(16(23)24)17(26-15(11)20)25-10-6-18-13(19-7-10)9-4-2-3-5-9/h8-11,15,21H,2-7H2,1H3,(H,18,19)(H,23,24)/t8?,11?,15-/m1/s1. The molecule has 0 aromatic heterocycles. The fourth-order valence-corrected chi connectivity index (χ4v) is 7.24. The Kier molecular flexibility index (Phi) is 4.96. The molecular formula is C17H23N3O4S2. The molecule has 0 bridgehead atoms. The van der Waals surface area contributed by atoms with Crippen LogP contribution in [-0.4, -0.2) is 62.6 Å². The fraction of sp³-hybridized carbons (Fsp3) is 0.706. The molecule has 0 spiro atoms. The summed E-state index contributed by atoms with van der Waals surface area (Å²) in [6.07, 6.45) is 4.17. The van der Waals surface area contributed by atoms with E-state index in [1.54, 1.807) is 6.92 Å². The summed E-state index contributed by atoms with van der Waals surface area (Å²) in [4.78, 5) is 30.0. The number of aliphatic hydroxyl groups is 1. The number of aliphatic carboxylic acids is 1. The number of rotatable bonds is 5. The number of nitrogens with one attached hydrogen (secondary N) is 1. The third kappa shape index (κ3) is 3.03. The fourth-order valence-electron chi connectivity index (χ4n) is 4.07. The molecule has 3 unspecified atom stereocenters. The Balaban J connectivity index is 1.45. The van der Waals surface area contributed by atoms with Crippen LogP contribution in [0.2, 0.25) is 0 Å². The molecular weight excluding hydrogens is 374 g/mol. The van der Waals surface area contributed by atoms with Crippen LogP contribution in [0.15, 0.2) is 14.9 Å². The zero-order chi connectivity index (χ0) is 18.4. The maximum Gasteiger partial charge on any atom is 0.354 e. The van der Waals surface area contributed by atoms with Gasteiger partial charge in [-0.1, -0.05) is 24.6 Å². The molecule has 1 aliphatic carbocycles. The highest BCUT2D eigenvalue weighted by molar-refractivity contribution is 8.23. The number of amidine groups is 1. The van der Waals surface area contributed by atoms with Gasteiger partial charge in [-0.25, -0.2) is 4.79 Å². The lowest BCUT2D eigenvalue weighted by Gasteiger charge is -2.43. The van der Waals surface area contributed by atoms with Gasteiger partial charge in [0.2, 0.25) is 5.91 Å². The lowest BCUT2D eigenvalue weighted by Crippen LogP contribution is -2.60. The highest BCUT2D eigenvalue weighted by Gasteiger charge is 2.58. The Hall–Kier alpha value is -1.19. The molecule has 7 nitrogen and oxygen atoms in total. The van der Waals surface area contributed by atoms with Gasteiger partial charge in [-0.2, -0.15) is 0 Å². The van der Waals surface area contributed by atoms with Crippen molar-refractivity contribution in [1.82, 2.24) is 10.2 Å². The zero-order valence-corrected chi connectivity index (χ0v) is 16.2.